The molecule has 0 aliphatic rings. The Morgan fingerprint density at radius 3 is 2.86 bits per heavy atom. The summed E-state index contributed by atoms with van der Waals surface area (Å²) in [5.74, 6) is 2.54. The van der Waals surface area contributed by atoms with E-state index in [1.807, 2.05) is 24.1 Å². The Balaban J connectivity index is 3.10. The Morgan fingerprint density at radius 1 is 1.57 bits per heavy atom. The Labute approximate surface area is 92.3 Å². The molecule has 1 rings (SSSR count). The van der Waals surface area contributed by atoms with E-state index in [0.717, 1.165) is 10.2 Å². The quantitative estimate of drug-likeness (QED) is 0.752. The number of halogens is 1. The van der Waals surface area contributed by atoms with E-state index in [2.05, 4.69) is 27.9 Å². The van der Waals surface area contributed by atoms with Gasteiger partial charge >= 0.3 is 0 Å². The van der Waals surface area contributed by atoms with Crippen molar-refractivity contribution in [2.24, 2.45) is 0 Å². The zero-order valence-electron chi connectivity index (χ0n) is 7.79. The molecule has 0 aliphatic heterocycles. The van der Waals surface area contributed by atoms with Gasteiger partial charge in [0.25, 0.3) is 0 Å². The first-order chi connectivity index (χ1) is 6.69. The fourth-order valence-electron chi connectivity index (χ4n) is 1.15. The van der Waals surface area contributed by atoms with Gasteiger partial charge in [-0.05, 0) is 18.2 Å². The van der Waals surface area contributed by atoms with Gasteiger partial charge in [-0.2, -0.15) is 5.26 Å². The molecule has 1 aromatic rings. The second kappa shape index (κ2) is 4.69. The zero-order chi connectivity index (χ0) is 10.6. The molecule has 14 heavy (non-hydrogen) atoms. The van der Waals surface area contributed by atoms with E-state index in [1.54, 1.807) is 6.07 Å². The summed E-state index contributed by atoms with van der Waals surface area (Å²) < 4.78 is 0.895. The summed E-state index contributed by atoms with van der Waals surface area (Å²) in [6.07, 6.45) is 5.20. The van der Waals surface area contributed by atoms with Gasteiger partial charge < -0.3 is 4.90 Å². The Hall–Kier alpha value is -1.45. The van der Waals surface area contributed by atoms with Crippen LogP contribution in [0.2, 0.25) is 0 Å². The minimum absolute atomic E-state index is 0.496. The Morgan fingerprint density at radius 2 is 2.29 bits per heavy atom. The van der Waals surface area contributed by atoms with Crippen LogP contribution in [0.25, 0.3) is 0 Å². The highest BCUT2D eigenvalue weighted by atomic mass is 79.9. The molecule has 0 aliphatic carbocycles. The lowest BCUT2D eigenvalue weighted by atomic mass is 10.2. The van der Waals surface area contributed by atoms with Crippen molar-refractivity contribution in [3.63, 3.8) is 0 Å². The number of hydrogen-bond donors (Lipinski definition) is 0. The highest BCUT2D eigenvalue weighted by Crippen LogP contribution is 2.22. The van der Waals surface area contributed by atoms with Crippen LogP contribution in [-0.2, 0) is 0 Å². The molecule has 1 aromatic carbocycles. The maximum absolute atomic E-state index is 8.91. The van der Waals surface area contributed by atoms with Gasteiger partial charge in [0.2, 0.25) is 0 Å². The number of anilines is 1. The van der Waals surface area contributed by atoms with E-state index >= 15 is 0 Å². The molecule has 0 unspecified atom stereocenters. The average Bonchev–Trinajstić information content (AvgIpc) is 2.17. The molecule has 0 radical (unpaired) electrons. The third kappa shape index (κ3) is 2.28. The summed E-state index contributed by atoms with van der Waals surface area (Å²) in [4.78, 5) is 1.87. The largest absolute Gasteiger partial charge is 0.362 e. The Kier molecular flexibility index (Phi) is 3.56. The molecule has 0 atom stereocenters. The van der Waals surface area contributed by atoms with E-state index in [-0.39, 0.29) is 0 Å². The van der Waals surface area contributed by atoms with E-state index in [4.69, 9.17) is 11.7 Å². The number of rotatable bonds is 2. The molecular formula is C11H9BrN2. The van der Waals surface area contributed by atoms with Gasteiger partial charge in [-0.15, -0.1) is 6.42 Å². The summed E-state index contributed by atoms with van der Waals surface area (Å²) in [6, 6.07) is 7.68. The van der Waals surface area contributed by atoms with E-state index < -0.39 is 0 Å². The van der Waals surface area contributed by atoms with Crippen molar-refractivity contribution >= 4 is 21.6 Å². The van der Waals surface area contributed by atoms with Crippen molar-refractivity contribution in [1.82, 2.24) is 0 Å². The van der Waals surface area contributed by atoms with Gasteiger partial charge in [0, 0.05) is 11.5 Å². The van der Waals surface area contributed by atoms with Gasteiger partial charge in [0.1, 0.15) is 6.07 Å². The number of hydrogen-bond acceptors (Lipinski definition) is 2. The molecular weight excluding hydrogens is 240 g/mol. The SMILES string of the molecule is C#CCN(C)c1ccc(Br)cc1C#N. The summed E-state index contributed by atoms with van der Waals surface area (Å²) in [6.45, 7) is 0.496. The van der Waals surface area contributed by atoms with Crippen LogP contribution in [0, 0.1) is 23.7 Å². The van der Waals surface area contributed by atoms with E-state index in [0.29, 0.717) is 12.1 Å². The van der Waals surface area contributed by atoms with Crippen molar-refractivity contribution < 1.29 is 0 Å². The van der Waals surface area contributed by atoms with Gasteiger partial charge in [-0.25, -0.2) is 0 Å². The molecule has 0 spiro atoms. The molecule has 0 heterocycles. The average molecular weight is 249 g/mol. The molecule has 70 valence electrons. The van der Waals surface area contributed by atoms with Gasteiger partial charge in [0.05, 0.1) is 17.8 Å². The molecule has 3 heteroatoms. The predicted octanol–water partition coefficient (Wildman–Crippen LogP) is 2.39. The van der Waals surface area contributed by atoms with Crippen molar-refractivity contribution in [1.29, 1.82) is 5.26 Å². The fourth-order valence-corrected chi connectivity index (χ4v) is 1.51. The van der Waals surface area contributed by atoms with E-state index in [9.17, 15) is 0 Å². The van der Waals surface area contributed by atoms with E-state index in [1.165, 1.54) is 0 Å². The normalized spacial score (nSPS) is 8.86. The first-order valence-electron chi connectivity index (χ1n) is 4.03. The zero-order valence-corrected chi connectivity index (χ0v) is 9.37. The first-order valence-corrected chi connectivity index (χ1v) is 4.82. The van der Waals surface area contributed by atoms with Crippen molar-refractivity contribution in [3.05, 3.63) is 28.2 Å². The second-order valence-electron chi connectivity index (χ2n) is 2.83. The van der Waals surface area contributed by atoms with Crippen LogP contribution in [0.4, 0.5) is 5.69 Å². The maximum Gasteiger partial charge on any atom is 0.101 e. The maximum atomic E-state index is 8.91. The van der Waals surface area contributed by atoms with Crippen molar-refractivity contribution in [3.8, 4) is 18.4 Å². The molecule has 0 fully saturated rings. The number of nitriles is 1. The van der Waals surface area contributed by atoms with Crippen LogP contribution in [0.5, 0.6) is 0 Å². The van der Waals surface area contributed by atoms with Gasteiger partial charge in [-0.1, -0.05) is 21.9 Å². The summed E-state index contributed by atoms with van der Waals surface area (Å²) in [5, 5.41) is 8.91. The third-order valence-electron chi connectivity index (χ3n) is 1.82. The van der Waals surface area contributed by atoms with Crippen LogP contribution in [-0.4, -0.2) is 13.6 Å². The van der Waals surface area contributed by atoms with Crippen LogP contribution in [0.15, 0.2) is 22.7 Å². The molecule has 0 saturated heterocycles. The molecule has 0 bridgehead atoms. The fraction of sp³-hybridized carbons (Fsp3) is 0.182. The van der Waals surface area contributed by atoms with Crippen LogP contribution in [0.1, 0.15) is 5.56 Å². The number of benzene rings is 1. The lowest BCUT2D eigenvalue weighted by molar-refractivity contribution is 1.05. The van der Waals surface area contributed by atoms with Crippen LogP contribution < -0.4 is 4.90 Å². The topological polar surface area (TPSA) is 27.0 Å². The summed E-state index contributed by atoms with van der Waals surface area (Å²) >= 11 is 3.32. The van der Waals surface area contributed by atoms with Crippen LogP contribution >= 0.6 is 15.9 Å². The second-order valence-corrected chi connectivity index (χ2v) is 3.75. The first kappa shape index (κ1) is 10.6. The van der Waals surface area contributed by atoms with Crippen molar-refractivity contribution in [2.75, 3.05) is 18.5 Å². The van der Waals surface area contributed by atoms with Crippen molar-refractivity contribution in [2.45, 2.75) is 0 Å². The monoisotopic (exact) mass is 248 g/mol. The lowest BCUT2D eigenvalue weighted by Crippen LogP contribution is -2.18. The molecule has 0 saturated carbocycles. The highest BCUT2D eigenvalue weighted by Gasteiger charge is 2.06. The smallest absolute Gasteiger partial charge is 0.101 e. The lowest BCUT2D eigenvalue weighted by Gasteiger charge is -2.17. The minimum atomic E-state index is 0.496. The number of nitrogens with zero attached hydrogens (tertiary/aromatic N) is 2. The summed E-state index contributed by atoms with van der Waals surface area (Å²) in [5.41, 5.74) is 1.48. The van der Waals surface area contributed by atoms with Gasteiger partial charge in [0.15, 0.2) is 0 Å². The standard InChI is InChI=1S/C11H9BrN2/c1-3-6-14(2)11-5-4-10(12)7-9(11)8-13/h1,4-5,7H,6H2,2H3. The molecule has 0 amide bonds. The Bertz CT molecular complexity index is 412. The summed E-state index contributed by atoms with van der Waals surface area (Å²) in [7, 11) is 1.87. The van der Waals surface area contributed by atoms with Crippen LogP contribution in [0.3, 0.4) is 0 Å². The third-order valence-corrected chi connectivity index (χ3v) is 2.31. The molecule has 2 nitrogen and oxygen atoms in total. The van der Waals surface area contributed by atoms with Gasteiger partial charge in [-0.3, -0.25) is 0 Å². The predicted molar refractivity (Wildman–Crippen MR) is 61.0 cm³/mol. The minimum Gasteiger partial charge on any atom is -0.362 e. The number of terminal acetylenes is 1. The molecule has 0 N–H and O–H groups in total. The molecule has 0 aromatic heterocycles. The highest BCUT2D eigenvalue weighted by molar-refractivity contribution is 9.10.